The Bertz CT molecular complexity index is 984. The van der Waals surface area contributed by atoms with Crippen molar-refractivity contribution >= 4 is 23.6 Å². The Morgan fingerprint density at radius 3 is 2.55 bits per heavy atom. The third-order valence-corrected chi connectivity index (χ3v) is 5.91. The molecule has 0 radical (unpaired) electrons. The average molecular weight is 410 g/mol. The predicted octanol–water partition coefficient (Wildman–Crippen LogP) is 2.02. The highest BCUT2D eigenvalue weighted by atomic mass is 32.2. The number of benzene rings is 1. The Balaban J connectivity index is 1.33. The van der Waals surface area contributed by atoms with Gasteiger partial charge in [-0.25, -0.2) is 9.97 Å². The molecule has 9 heteroatoms. The van der Waals surface area contributed by atoms with Crippen molar-refractivity contribution in [3.8, 4) is 11.4 Å². The van der Waals surface area contributed by atoms with Crippen LogP contribution in [0.15, 0.2) is 47.9 Å². The molecule has 1 fully saturated rings. The van der Waals surface area contributed by atoms with Crippen molar-refractivity contribution in [1.29, 1.82) is 0 Å². The number of piperazine rings is 1. The summed E-state index contributed by atoms with van der Waals surface area (Å²) in [6.45, 7) is 4.87. The number of carbonyl (C=O) groups excluding carboxylic acids is 1. The molecule has 1 aromatic carbocycles. The van der Waals surface area contributed by atoms with Crippen molar-refractivity contribution < 1.29 is 4.79 Å². The Labute approximate surface area is 174 Å². The molecule has 8 nitrogen and oxygen atoms in total. The molecule has 2 aromatic heterocycles. The molecular weight excluding hydrogens is 386 g/mol. The summed E-state index contributed by atoms with van der Waals surface area (Å²) >= 11 is 1.43. The number of rotatable bonds is 5. The quantitative estimate of drug-likeness (QED) is 0.597. The van der Waals surface area contributed by atoms with Gasteiger partial charge in [-0.1, -0.05) is 35.5 Å². The first-order valence-electron chi connectivity index (χ1n) is 9.51. The number of aromatic nitrogens is 5. The highest BCUT2D eigenvalue weighted by Gasteiger charge is 2.23. The van der Waals surface area contributed by atoms with Crippen LogP contribution in [0, 0.1) is 6.92 Å². The first-order chi connectivity index (χ1) is 14.1. The van der Waals surface area contributed by atoms with E-state index in [1.165, 1.54) is 17.3 Å². The van der Waals surface area contributed by atoms with Gasteiger partial charge < -0.3 is 14.4 Å². The van der Waals surface area contributed by atoms with E-state index in [0.29, 0.717) is 18.8 Å². The van der Waals surface area contributed by atoms with E-state index < -0.39 is 0 Å². The van der Waals surface area contributed by atoms with Gasteiger partial charge in [0.15, 0.2) is 11.0 Å². The maximum Gasteiger partial charge on any atom is 0.233 e. The van der Waals surface area contributed by atoms with Crippen LogP contribution in [0.2, 0.25) is 0 Å². The zero-order valence-corrected chi connectivity index (χ0v) is 17.3. The molecule has 0 atom stereocenters. The molecule has 3 aromatic rings. The summed E-state index contributed by atoms with van der Waals surface area (Å²) in [5.74, 6) is 1.99. The number of hydrogen-bond acceptors (Lipinski definition) is 7. The van der Waals surface area contributed by atoms with Crippen LogP contribution in [0.5, 0.6) is 0 Å². The monoisotopic (exact) mass is 409 g/mol. The molecule has 1 aliphatic rings. The summed E-state index contributed by atoms with van der Waals surface area (Å²) < 4.78 is 1.94. The predicted molar refractivity (Wildman–Crippen MR) is 113 cm³/mol. The van der Waals surface area contributed by atoms with Crippen LogP contribution < -0.4 is 4.90 Å². The van der Waals surface area contributed by atoms with E-state index in [-0.39, 0.29) is 5.91 Å². The van der Waals surface area contributed by atoms with Gasteiger partial charge in [0.05, 0.1) is 5.75 Å². The molecule has 0 aliphatic carbocycles. The average Bonchev–Trinajstić information content (AvgIpc) is 3.13. The maximum atomic E-state index is 12.6. The van der Waals surface area contributed by atoms with Gasteiger partial charge in [0.25, 0.3) is 0 Å². The standard InChI is InChI=1S/C20H23N7OS/c1-15-5-3-6-16(13-15)18-23-24-20(25(18)2)29-14-17(28)26-9-11-27(12-10-26)19-21-7-4-8-22-19/h3-8,13H,9-12,14H2,1-2H3. The molecule has 0 bridgehead atoms. The minimum absolute atomic E-state index is 0.115. The van der Waals surface area contributed by atoms with Gasteiger partial charge in [0.1, 0.15) is 0 Å². The van der Waals surface area contributed by atoms with Gasteiger partial charge in [0.2, 0.25) is 11.9 Å². The van der Waals surface area contributed by atoms with E-state index in [1.807, 2.05) is 28.6 Å². The fourth-order valence-electron chi connectivity index (χ4n) is 3.30. The van der Waals surface area contributed by atoms with Gasteiger partial charge in [-0.2, -0.15) is 0 Å². The molecule has 150 valence electrons. The molecule has 3 heterocycles. The van der Waals surface area contributed by atoms with Crippen LogP contribution in [0.25, 0.3) is 11.4 Å². The molecule has 1 saturated heterocycles. The Kier molecular flexibility index (Phi) is 5.75. The lowest BCUT2D eigenvalue weighted by atomic mass is 10.1. The van der Waals surface area contributed by atoms with Gasteiger partial charge >= 0.3 is 0 Å². The first kappa shape index (κ1) is 19.4. The summed E-state index contributed by atoms with van der Waals surface area (Å²) in [4.78, 5) is 25.2. The van der Waals surface area contributed by atoms with Crippen LogP contribution in [0.4, 0.5) is 5.95 Å². The highest BCUT2D eigenvalue weighted by molar-refractivity contribution is 7.99. The summed E-state index contributed by atoms with van der Waals surface area (Å²) in [6.07, 6.45) is 3.48. The van der Waals surface area contributed by atoms with Gasteiger partial charge in [0, 0.05) is 51.2 Å². The molecule has 0 unspecified atom stereocenters. The number of carbonyl (C=O) groups is 1. The van der Waals surface area contributed by atoms with Crippen LogP contribution in [0.1, 0.15) is 5.56 Å². The van der Waals surface area contributed by atoms with E-state index in [9.17, 15) is 4.79 Å². The Hall–Kier alpha value is -2.94. The van der Waals surface area contributed by atoms with Gasteiger partial charge in [-0.15, -0.1) is 10.2 Å². The minimum atomic E-state index is 0.115. The van der Waals surface area contributed by atoms with Crippen LogP contribution in [-0.4, -0.2) is 67.5 Å². The molecule has 29 heavy (non-hydrogen) atoms. The van der Waals surface area contributed by atoms with Crippen molar-refractivity contribution in [1.82, 2.24) is 29.6 Å². The number of amides is 1. The van der Waals surface area contributed by atoms with Gasteiger partial charge in [-0.05, 0) is 19.1 Å². The lowest BCUT2D eigenvalue weighted by molar-refractivity contribution is -0.128. The largest absolute Gasteiger partial charge is 0.338 e. The first-order valence-corrected chi connectivity index (χ1v) is 10.5. The van der Waals surface area contributed by atoms with E-state index in [4.69, 9.17) is 0 Å². The number of aryl methyl sites for hydroxylation is 1. The van der Waals surface area contributed by atoms with Crippen molar-refractivity contribution in [2.75, 3.05) is 36.8 Å². The highest BCUT2D eigenvalue weighted by Crippen LogP contribution is 2.23. The summed E-state index contributed by atoms with van der Waals surface area (Å²) in [6, 6.07) is 9.97. The second-order valence-electron chi connectivity index (χ2n) is 6.94. The van der Waals surface area contributed by atoms with Crippen molar-refractivity contribution in [2.45, 2.75) is 12.1 Å². The van der Waals surface area contributed by atoms with E-state index in [0.717, 1.165) is 35.6 Å². The lowest BCUT2D eigenvalue weighted by Gasteiger charge is -2.34. The number of hydrogen-bond donors (Lipinski definition) is 0. The molecule has 1 amide bonds. The van der Waals surface area contributed by atoms with Crippen molar-refractivity contribution in [3.05, 3.63) is 48.3 Å². The van der Waals surface area contributed by atoms with Crippen molar-refractivity contribution in [2.24, 2.45) is 7.05 Å². The zero-order chi connectivity index (χ0) is 20.2. The summed E-state index contributed by atoms with van der Waals surface area (Å²) in [5, 5.41) is 9.32. The molecule has 1 aliphatic heterocycles. The van der Waals surface area contributed by atoms with Crippen molar-refractivity contribution in [3.63, 3.8) is 0 Å². The third kappa shape index (κ3) is 4.40. The normalized spacial score (nSPS) is 14.3. The third-order valence-electron chi connectivity index (χ3n) is 4.90. The fraction of sp³-hybridized carbons (Fsp3) is 0.350. The molecule has 0 spiro atoms. The second-order valence-corrected chi connectivity index (χ2v) is 7.88. The minimum Gasteiger partial charge on any atom is -0.338 e. The number of anilines is 1. The second kappa shape index (κ2) is 8.60. The Morgan fingerprint density at radius 1 is 1.07 bits per heavy atom. The maximum absolute atomic E-state index is 12.6. The van der Waals surface area contributed by atoms with Crippen LogP contribution in [0.3, 0.4) is 0 Å². The number of thioether (sulfide) groups is 1. The van der Waals surface area contributed by atoms with Crippen LogP contribution in [-0.2, 0) is 11.8 Å². The lowest BCUT2D eigenvalue weighted by Crippen LogP contribution is -2.49. The topological polar surface area (TPSA) is 80.0 Å². The molecule has 0 saturated carbocycles. The van der Waals surface area contributed by atoms with E-state index >= 15 is 0 Å². The smallest absolute Gasteiger partial charge is 0.233 e. The zero-order valence-electron chi connectivity index (χ0n) is 16.5. The summed E-state index contributed by atoms with van der Waals surface area (Å²) in [5.41, 5.74) is 2.20. The molecule has 0 N–H and O–H groups in total. The number of nitrogens with zero attached hydrogens (tertiary/aromatic N) is 7. The van der Waals surface area contributed by atoms with Crippen LogP contribution >= 0.6 is 11.8 Å². The van der Waals surface area contributed by atoms with Gasteiger partial charge in [-0.3, -0.25) is 4.79 Å². The molecular formula is C20H23N7OS. The van der Waals surface area contributed by atoms with E-state index in [1.54, 1.807) is 18.5 Å². The summed E-state index contributed by atoms with van der Waals surface area (Å²) in [7, 11) is 1.93. The molecule has 4 rings (SSSR count). The van der Waals surface area contributed by atoms with E-state index in [2.05, 4.69) is 44.1 Å². The SMILES string of the molecule is Cc1cccc(-c2nnc(SCC(=O)N3CCN(c4ncccn4)CC3)n2C)c1. The Morgan fingerprint density at radius 2 is 1.83 bits per heavy atom. The fourth-order valence-corrected chi connectivity index (χ4v) is 4.12.